The normalized spacial score (nSPS) is 15.3. The van der Waals surface area contributed by atoms with Crippen molar-refractivity contribution in [3.05, 3.63) is 46.2 Å². The van der Waals surface area contributed by atoms with Gasteiger partial charge in [0.25, 0.3) is 0 Å². The van der Waals surface area contributed by atoms with Gasteiger partial charge in [-0.2, -0.15) is 0 Å². The van der Waals surface area contributed by atoms with Crippen LogP contribution >= 0.6 is 0 Å². The fourth-order valence-corrected chi connectivity index (χ4v) is 7.25. The standard InChI is InChI=1S/C22H34OSi/c1-9-11-17-12-10-13-19(17)24(7,8)20-15-16(2)14-18(21(20)23-6)22(3,4)5/h10,12,14-15H,9,11,13H2,1-8H3. The molecule has 1 aliphatic rings. The number of hydrogen-bond acceptors (Lipinski definition) is 1. The van der Waals surface area contributed by atoms with E-state index in [0.717, 1.165) is 12.2 Å². The van der Waals surface area contributed by atoms with Gasteiger partial charge in [-0.3, -0.25) is 0 Å². The molecule has 132 valence electrons. The second-order valence-corrected chi connectivity index (χ2v) is 13.0. The van der Waals surface area contributed by atoms with Crippen LogP contribution in [0.5, 0.6) is 5.75 Å². The Morgan fingerprint density at radius 1 is 1.17 bits per heavy atom. The second kappa shape index (κ2) is 6.91. The summed E-state index contributed by atoms with van der Waals surface area (Å²) >= 11 is 0. The Kier molecular flexibility index (Phi) is 5.49. The smallest absolute Gasteiger partial charge is 0.122 e. The lowest BCUT2D eigenvalue weighted by atomic mass is 9.85. The Hall–Kier alpha value is -1.28. The highest BCUT2D eigenvalue weighted by Gasteiger charge is 2.36. The van der Waals surface area contributed by atoms with E-state index in [2.05, 4.69) is 72.0 Å². The maximum absolute atomic E-state index is 5.99. The van der Waals surface area contributed by atoms with E-state index in [4.69, 9.17) is 4.74 Å². The van der Waals surface area contributed by atoms with Gasteiger partial charge in [0.2, 0.25) is 0 Å². The summed E-state index contributed by atoms with van der Waals surface area (Å²) in [7, 11) is 0.0738. The summed E-state index contributed by atoms with van der Waals surface area (Å²) in [5.74, 6) is 1.13. The minimum Gasteiger partial charge on any atom is -0.497 e. The van der Waals surface area contributed by atoms with Crippen LogP contribution in [-0.2, 0) is 5.41 Å². The van der Waals surface area contributed by atoms with Gasteiger partial charge in [-0.15, -0.1) is 0 Å². The predicted octanol–water partition coefficient (Wildman–Crippen LogP) is 5.81. The largest absolute Gasteiger partial charge is 0.497 e. The van der Waals surface area contributed by atoms with Crippen molar-refractivity contribution in [2.75, 3.05) is 7.11 Å². The van der Waals surface area contributed by atoms with Gasteiger partial charge < -0.3 is 4.74 Å². The quantitative estimate of drug-likeness (QED) is 0.613. The number of ether oxygens (including phenoxy) is 1. The molecule has 1 aromatic carbocycles. The van der Waals surface area contributed by atoms with Crippen LogP contribution in [0.25, 0.3) is 0 Å². The SMILES string of the molecule is CCCC1=C([Si](C)(C)c2cc(C)cc(C(C)(C)C)c2OC)CC=C1. The summed E-state index contributed by atoms with van der Waals surface area (Å²) in [4.78, 5) is 0. The van der Waals surface area contributed by atoms with Crippen molar-refractivity contribution in [3.63, 3.8) is 0 Å². The first-order valence-electron chi connectivity index (χ1n) is 9.21. The van der Waals surface area contributed by atoms with Crippen molar-refractivity contribution in [3.8, 4) is 5.75 Å². The van der Waals surface area contributed by atoms with Crippen LogP contribution in [0.1, 0.15) is 58.1 Å². The monoisotopic (exact) mass is 342 g/mol. The molecule has 0 atom stereocenters. The van der Waals surface area contributed by atoms with Gasteiger partial charge in [-0.05, 0) is 35.9 Å². The zero-order chi connectivity index (χ0) is 18.1. The van der Waals surface area contributed by atoms with Crippen molar-refractivity contribution in [2.45, 2.75) is 72.4 Å². The van der Waals surface area contributed by atoms with Crippen LogP contribution in [0.15, 0.2) is 35.1 Å². The lowest BCUT2D eigenvalue weighted by molar-refractivity contribution is 0.400. The third kappa shape index (κ3) is 3.54. The van der Waals surface area contributed by atoms with Gasteiger partial charge in [0.15, 0.2) is 0 Å². The van der Waals surface area contributed by atoms with Gasteiger partial charge in [0, 0.05) is 0 Å². The molecule has 0 spiro atoms. The number of rotatable bonds is 5. The van der Waals surface area contributed by atoms with Crippen molar-refractivity contribution in [1.29, 1.82) is 0 Å². The number of hydrogen-bond donors (Lipinski definition) is 0. The summed E-state index contributed by atoms with van der Waals surface area (Å²) in [6, 6.07) is 4.69. The first-order chi connectivity index (χ1) is 11.1. The molecule has 0 radical (unpaired) electrons. The lowest BCUT2D eigenvalue weighted by Crippen LogP contribution is -2.45. The number of aryl methyl sites for hydroxylation is 1. The Balaban J connectivity index is 2.67. The molecular weight excluding hydrogens is 308 g/mol. The lowest BCUT2D eigenvalue weighted by Gasteiger charge is -2.32. The van der Waals surface area contributed by atoms with E-state index < -0.39 is 8.07 Å². The Labute approximate surface area is 149 Å². The van der Waals surface area contributed by atoms with Crippen molar-refractivity contribution >= 4 is 13.3 Å². The maximum atomic E-state index is 5.99. The minimum absolute atomic E-state index is 0.0884. The molecule has 1 nitrogen and oxygen atoms in total. The van der Waals surface area contributed by atoms with Crippen LogP contribution in [0.4, 0.5) is 0 Å². The van der Waals surface area contributed by atoms with Crippen molar-refractivity contribution in [1.82, 2.24) is 0 Å². The number of benzene rings is 1. The molecule has 0 aliphatic heterocycles. The molecule has 0 bridgehead atoms. The summed E-state index contributed by atoms with van der Waals surface area (Å²) in [6.45, 7) is 16.3. The number of methoxy groups -OCH3 is 1. The van der Waals surface area contributed by atoms with E-state index in [1.165, 1.54) is 29.2 Å². The molecule has 2 rings (SSSR count). The van der Waals surface area contributed by atoms with Crippen LogP contribution in [0, 0.1) is 6.92 Å². The first kappa shape index (κ1) is 19.0. The maximum Gasteiger partial charge on any atom is 0.122 e. The summed E-state index contributed by atoms with van der Waals surface area (Å²) in [5, 5.41) is 3.15. The van der Waals surface area contributed by atoms with E-state index in [9.17, 15) is 0 Å². The topological polar surface area (TPSA) is 9.23 Å². The molecule has 0 fully saturated rings. The van der Waals surface area contributed by atoms with Gasteiger partial charge in [-0.25, -0.2) is 0 Å². The average molecular weight is 343 g/mol. The molecule has 2 heteroatoms. The first-order valence-corrected chi connectivity index (χ1v) is 12.2. The molecule has 0 N–H and O–H groups in total. The molecule has 1 aromatic rings. The molecule has 0 saturated heterocycles. The molecule has 0 aromatic heterocycles. The Morgan fingerprint density at radius 2 is 1.83 bits per heavy atom. The summed E-state index contributed by atoms with van der Waals surface area (Å²) in [6.07, 6.45) is 8.24. The van der Waals surface area contributed by atoms with Crippen LogP contribution in [0.2, 0.25) is 13.1 Å². The van der Waals surface area contributed by atoms with E-state index in [-0.39, 0.29) is 5.41 Å². The fraction of sp³-hybridized carbons (Fsp3) is 0.545. The zero-order valence-corrected chi connectivity index (χ0v) is 17.8. The third-order valence-corrected chi connectivity index (χ3v) is 8.97. The Bertz CT molecular complexity index is 672. The second-order valence-electron chi connectivity index (χ2n) is 8.63. The summed E-state index contributed by atoms with van der Waals surface area (Å²) < 4.78 is 5.99. The molecule has 0 saturated carbocycles. The van der Waals surface area contributed by atoms with Crippen LogP contribution in [0.3, 0.4) is 0 Å². The van der Waals surface area contributed by atoms with E-state index in [1.54, 1.807) is 10.8 Å². The third-order valence-electron chi connectivity index (χ3n) is 5.22. The van der Waals surface area contributed by atoms with Crippen LogP contribution < -0.4 is 9.92 Å². The van der Waals surface area contributed by atoms with Gasteiger partial charge in [0.1, 0.15) is 13.8 Å². The van der Waals surface area contributed by atoms with Gasteiger partial charge in [-0.1, -0.05) is 87.8 Å². The molecule has 1 aliphatic carbocycles. The van der Waals surface area contributed by atoms with Gasteiger partial charge in [0.05, 0.1) is 7.11 Å². The highest BCUT2D eigenvalue weighted by molar-refractivity contribution is 6.96. The minimum atomic E-state index is -1.76. The highest BCUT2D eigenvalue weighted by Crippen LogP contribution is 2.36. The molecule has 24 heavy (non-hydrogen) atoms. The summed E-state index contributed by atoms with van der Waals surface area (Å²) in [5.41, 5.74) is 4.35. The number of allylic oxidation sites excluding steroid dienone is 4. The van der Waals surface area contributed by atoms with E-state index in [0.29, 0.717) is 0 Å². The molecular formula is C22H34OSi. The molecule has 0 heterocycles. The van der Waals surface area contributed by atoms with Crippen LogP contribution in [-0.4, -0.2) is 15.2 Å². The van der Waals surface area contributed by atoms with Crippen molar-refractivity contribution < 1.29 is 4.74 Å². The van der Waals surface area contributed by atoms with Crippen molar-refractivity contribution in [2.24, 2.45) is 0 Å². The predicted molar refractivity (Wildman–Crippen MR) is 109 cm³/mol. The average Bonchev–Trinajstić information content (AvgIpc) is 2.95. The fourth-order valence-electron chi connectivity index (χ4n) is 3.89. The molecule has 0 unspecified atom stereocenters. The van der Waals surface area contributed by atoms with E-state index >= 15 is 0 Å². The highest BCUT2D eigenvalue weighted by atomic mass is 28.3. The molecule has 0 amide bonds. The Morgan fingerprint density at radius 3 is 2.38 bits per heavy atom. The zero-order valence-electron chi connectivity index (χ0n) is 16.8. The van der Waals surface area contributed by atoms with Gasteiger partial charge >= 0.3 is 0 Å². The van der Waals surface area contributed by atoms with E-state index in [1.807, 2.05) is 7.11 Å².